The Labute approximate surface area is 188 Å². The first-order chi connectivity index (χ1) is 15.9. The molecule has 170 valence electrons. The van der Waals surface area contributed by atoms with Gasteiger partial charge in [0, 0.05) is 55.3 Å². The lowest BCUT2D eigenvalue weighted by Gasteiger charge is -2.10. The van der Waals surface area contributed by atoms with E-state index in [-0.39, 0.29) is 17.5 Å². The molecule has 0 amide bonds. The average Bonchev–Trinajstić information content (AvgIpc) is 3.20. The Morgan fingerprint density at radius 1 is 1.03 bits per heavy atom. The van der Waals surface area contributed by atoms with Gasteiger partial charge in [-0.25, -0.2) is 18.6 Å². The van der Waals surface area contributed by atoms with Crippen LogP contribution in [0.25, 0.3) is 0 Å². The van der Waals surface area contributed by atoms with Gasteiger partial charge in [0.25, 0.3) is 0 Å². The molecule has 0 atom stereocenters. The van der Waals surface area contributed by atoms with Crippen LogP contribution in [-0.4, -0.2) is 30.9 Å². The van der Waals surface area contributed by atoms with Crippen LogP contribution in [0.5, 0.6) is 17.5 Å². The van der Waals surface area contributed by atoms with Crippen LogP contribution in [0.4, 0.5) is 8.78 Å². The van der Waals surface area contributed by atoms with Crippen molar-refractivity contribution in [3.05, 3.63) is 93.9 Å². The molecule has 0 fully saturated rings. The van der Waals surface area contributed by atoms with E-state index >= 15 is 0 Å². The summed E-state index contributed by atoms with van der Waals surface area (Å²) < 4.78 is 40.6. The number of benzene rings is 1. The van der Waals surface area contributed by atoms with Crippen LogP contribution in [0.1, 0.15) is 16.7 Å². The topological polar surface area (TPSA) is 84.1 Å². The molecule has 4 aromatic rings. The first kappa shape index (κ1) is 22.1. The fourth-order valence-electron chi connectivity index (χ4n) is 3.14. The second kappa shape index (κ2) is 9.60. The van der Waals surface area contributed by atoms with Crippen molar-refractivity contribution in [2.75, 3.05) is 6.61 Å². The molecule has 0 bridgehead atoms. The van der Waals surface area contributed by atoms with Crippen molar-refractivity contribution in [1.29, 1.82) is 0 Å². The number of ether oxygens (including phenoxy) is 2. The van der Waals surface area contributed by atoms with Crippen LogP contribution in [-0.2, 0) is 20.0 Å². The van der Waals surface area contributed by atoms with Crippen LogP contribution in [0.15, 0.2) is 59.9 Å². The summed E-state index contributed by atoms with van der Waals surface area (Å²) in [6.07, 6.45) is 7.38. The molecule has 0 saturated carbocycles. The smallest absolute Gasteiger partial charge is 0.351 e. The molecular formula is C23H21F2N5O3. The molecule has 0 aliphatic heterocycles. The van der Waals surface area contributed by atoms with E-state index in [1.807, 2.05) is 20.2 Å². The molecule has 0 N–H and O–H groups in total. The van der Waals surface area contributed by atoms with Gasteiger partial charge in [0.15, 0.2) is 11.6 Å². The van der Waals surface area contributed by atoms with Crippen LogP contribution in [0.2, 0.25) is 0 Å². The predicted molar refractivity (Wildman–Crippen MR) is 115 cm³/mol. The standard InChI is InChI=1S/C23H21F2N5O3/c1-15-12-30(14-17-11-27-29(2)13-17)23(31)28-22(15)32-8-7-16-3-6-21(26-10-16)33-18-4-5-19(24)20(25)9-18/h3-6,9-13H,7-8,14H2,1-2H3. The maximum absolute atomic E-state index is 13.3. The van der Waals surface area contributed by atoms with Gasteiger partial charge in [-0.3, -0.25) is 9.25 Å². The van der Waals surface area contributed by atoms with Gasteiger partial charge in [-0.1, -0.05) is 6.07 Å². The van der Waals surface area contributed by atoms with Gasteiger partial charge in [-0.15, -0.1) is 0 Å². The van der Waals surface area contributed by atoms with Crippen molar-refractivity contribution >= 4 is 0 Å². The van der Waals surface area contributed by atoms with Crippen LogP contribution >= 0.6 is 0 Å². The Morgan fingerprint density at radius 3 is 2.58 bits per heavy atom. The molecule has 10 heteroatoms. The fraction of sp³-hybridized carbons (Fsp3) is 0.217. The summed E-state index contributed by atoms with van der Waals surface area (Å²) in [7, 11) is 1.81. The summed E-state index contributed by atoms with van der Waals surface area (Å²) in [5, 5.41) is 4.10. The largest absolute Gasteiger partial charge is 0.477 e. The molecule has 4 rings (SSSR count). The van der Waals surface area contributed by atoms with E-state index in [2.05, 4.69) is 15.1 Å². The normalized spacial score (nSPS) is 10.9. The third-order valence-electron chi connectivity index (χ3n) is 4.78. The number of rotatable bonds is 8. The lowest BCUT2D eigenvalue weighted by molar-refractivity contribution is 0.303. The molecule has 0 saturated heterocycles. The maximum atomic E-state index is 13.3. The van der Waals surface area contributed by atoms with Crippen molar-refractivity contribution in [3.8, 4) is 17.5 Å². The molecule has 3 heterocycles. The van der Waals surface area contributed by atoms with E-state index in [0.29, 0.717) is 19.6 Å². The first-order valence-corrected chi connectivity index (χ1v) is 10.1. The van der Waals surface area contributed by atoms with E-state index in [0.717, 1.165) is 28.8 Å². The zero-order valence-electron chi connectivity index (χ0n) is 18.0. The predicted octanol–water partition coefficient (Wildman–Crippen LogP) is 3.42. The summed E-state index contributed by atoms with van der Waals surface area (Å²) in [5.74, 6) is -1.25. The molecule has 1 aromatic carbocycles. The van der Waals surface area contributed by atoms with E-state index in [9.17, 15) is 13.6 Å². The Balaban J connectivity index is 1.32. The highest BCUT2D eigenvalue weighted by atomic mass is 19.2. The molecule has 0 aliphatic rings. The molecule has 8 nitrogen and oxygen atoms in total. The minimum Gasteiger partial charge on any atom is -0.477 e. The summed E-state index contributed by atoms with van der Waals surface area (Å²) in [5.41, 5.74) is 2.11. The highest BCUT2D eigenvalue weighted by Gasteiger charge is 2.09. The zero-order valence-corrected chi connectivity index (χ0v) is 18.0. The second-order valence-corrected chi connectivity index (χ2v) is 7.44. The quantitative estimate of drug-likeness (QED) is 0.407. The van der Waals surface area contributed by atoms with Gasteiger partial charge in [0.05, 0.1) is 19.3 Å². The number of nitrogens with zero attached hydrogens (tertiary/aromatic N) is 5. The zero-order chi connectivity index (χ0) is 23.4. The lowest BCUT2D eigenvalue weighted by Crippen LogP contribution is -2.24. The van der Waals surface area contributed by atoms with Crippen molar-refractivity contribution < 1.29 is 18.3 Å². The fourth-order valence-corrected chi connectivity index (χ4v) is 3.14. The summed E-state index contributed by atoms with van der Waals surface area (Å²) >= 11 is 0. The number of pyridine rings is 1. The van der Waals surface area contributed by atoms with E-state index in [4.69, 9.17) is 9.47 Å². The summed E-state index contributed by atoms with van der Waals surface area (Å²) in [4.78, 5) is 20.6. The number of halogens is 2. The number of hydrogen-bond acceptors (Lipinski definition) is 6. The molecular weight excluding hydrogens is 432 g/mol. The van der Waals surface area contributed by atoms with E-state index in [1.165, 1.54) is 10.6 Å². The molecule has 0 unspecified atom stereocenters. The van der Waals surface area contributed by atoms with Gasteiger partial charge in [-0.2, -0.15) is 10.1 Å². The summed E-state index contributed by atoms with van der Waals surface area (Å²) in [6.45, 7) is 2.50. The molecule has 0 aliphatic carbocycles. The van der Waals surface area contributed by atoms with Gasteiger partial charge in [0.2, 0.25) is 11.8 Å². The minimum absolute atomic E-state index is 0.150. The molecule has 3 aromatic heterocycles. The van der Waals surface area contributed by atoms with Crippen molar-refractivity contribution in [1.82, 2.24) is 24.3 Å². The number of aryl methyl sites for hydroxylation is 2. The maximum Gasteiger partial charge on any atom is 0.351 e. The van der Waals surface area contributed by atoms with Gasteiger partial charge >= 0.3 is 5.69 Å². The van der Waals surface area contributed by atoms with Crippen molar-refractivity contribution in [3.63, 3.8) is 0 Å². The number of hydrogen-bond donors (Lipinski definition) is 0. The van der Waals surface area contributed by atoms with Crippen molar-refractivity contribution in [2.45, 2.75) is 19.9 Å². The lowest BCUT2D eigenvalue weighted by atomic mass is 10.2. The molecule has 0 radical (unpaired) electrons. The molecule has 0 spiro atoms. The number of aromatic nitrogens is 5. The Bertz CT molecular complexity index is 1320. The average molecular weight is 453 g/mol. The third-order valence-corrected chi connectivity index (χ3v) is 4.78. The third kappa shape index (κ3) is 5.59. The van der Waals surface area contributed by atoms with E-state index < -0.39 is 17.3 Å². The Kier molecular flexibility index (Phi) is 6.43. The van der Waals surface area contributed by atoms with Crippen molar-refractivity contribution in [2.24, 2.45) is 7.05 Å². The Morgan fingerprint density at radius 2 is 1.88 bits per heavy atom. The SMILES string of the molecule is Cc1cn(Cc2cnn(C)c2)c(=O)nc1OCCc1ccc(Oc2ccc(F)c(F)c2)nc1. The highest BCUT2D eigenvalue weighted by Crippen LogP contribution is 2.22. The minimum atomic E-state index is -0.991. The second-order valence-electron chi connectivity index (χ2n) is 7.44. The van der Waals surface area contributed by atoms with Gasteiger partial charge in [-0.05, 0) is 24.6 Å². The molecule has 33 heavy (non-hydrogen) atoms. The summed E-state index contributed by atoms with van der Waals surface area (Å²) in [6, 6.07) is 6.68. The highest BCUT2D eigenvalue weighted by molar-refractivity contribution is 5.29. The van der Waals surface area contributed by atoms with E-state index in [1.54, 1.807) is 35.4 Å². The van der Waals surface area contributed by atoms with Gasteiger partial charge < -0.3 is 9.47 Å². The first-order valence-electron chi connectivity index (χ1n) is 10.1. The van der Waals surface area contributed by atoms with Crippen LogP contribution < -0.4 is 15.2 Å². The van der Waals surface area contributed by atoms with Gasteiger partial charge in [0.1, 0.15) is 5.75 Å². The van der Waals surface area contributed by atoms with Crippen LogP contribution in [0, 0.1) is 18.6 Å². The Hall–Kier alpha value is -4.08. The monoisotopic (exact) mass is 453 g/mol. The van der Waals surface area contributed by atoms with Crippen LogP contribution in [0.3, 0.4) is 0 Å².